The van der Waals surface area contributed by atoms with Crippen LogP contribution in [-0.2, 0) is 0 Å². The SMILES string of the molecule is COc1cc(C(=O)/C=C/c2c(Cl)nc3ccccn23)cc(OC)c1OC. The number of fused-ring (bicyclic) bond motifs is 1. The first-order chi connectivity index (χ1) is 12.6. The molecule has 0 radical (unpaired) electrons. The summed E-state index contributed by atoms with van der Waals surface area (Å²) in [4.78, 5) is 16.9. The molecule has 0 unspecified atom stereocenters. The van der Waals surface area contributed by atoms with Crippen LogP contribution >= 0.6 is 11.6 Å². The van der Waals surface area contributed by atoms with Crippen molar-refractivity contribution in [3.63, 3.8) is 0 Å². The van der Waals surface area contributed by atoms with E-state index in [4.69, 9.17) is 25.8 Å². The largest absolute Gasteiger partial charge is 0.493 e. The molecule has 6 nitrogen and oxygen atoms in total. The number of carbonyl (C=O) groups is 1. The van der Waals surface area contributed by atoms with Gasteiger partial charge in [0.25, 0.3) is 0 Å². The lowest BCUT2D eigenvalue weighted by Gasteiger charge is -2.13. The molecule has 3 rings (SSSR count). The van der Waals surface area contributed by atoms with Crippen LogP contribution in [0.25, 0.3) is 11.7 Å². The lowest BCUT2D eigenvalue weighted by Crippen LogP contribution is -2.00. The van der Waals surface area contributed by atoms with Crippen LogP contribution in [0, 0.1) is 0 Å². The van der Waals surface area contributed by atoms with Gasteiger partial charge in [-0.25, -0.2) is 4.98 Å². The van der Waals surface area contributed by atoms with Crippen molar-refractivity contribution in [2.24, 2.45) is 0 Å². The minimum atomic E-state index is -0.230. The number of hydrogen-bond donors (Lipinski definition) is 0. The zero-order chi connectivity index (χ0) is 18.7. The molecular formula is C19H17ClN2O4. The molecule has 0 N–H and O–H groups in total. The number of allylic oxidation sites excluding steroid dienone is 1. The van der Waals surface area contributed by atoms with E-state index in [0.717, 1.165) is 0 Å². The number of ether oxygens (including phenoxy) is 3. The van der Waals surface area contributed by atoms with Crippen LogP contribution in [0.15, 0.2) is 42.6 Å². The number of nitrogens with zero attached hydrogens (tertiary/aromatic N) is 2. The van der Waals surface area contributed by atoms with Crippen LogP contribution in [0.3, 0.4) is 0 Å². The minimum Gasteiger partial charge on any atom is -0.493 e. The number of pyridine rings is 1. The molecule has 3 aromatic rings. The van der Waals surface area contributed by atoms with Crippen LogP contribution in [0.4, 0.5) is 0 Å². The molecule has 0 saturated heterocycles. The smallest absolute Gasteiger partial charge is 0.203 e. The second kappa shape index (κ2) is 7.49. The van der Waals surface area contributed by atoms with Gasteiger partial charge >= 0.3 is 0 Å². The van der Waals surface area contributed by atoms with E-state index in [0.29, 0.717) is 39.3 Å². The number of benzene rings is 1. The molecule has 2 heterocycles. The van der Waals surface area contributed by atoms with Crippen LogP contribution in [0.2, 0.25) is 5.15 Å². The number of carbonyl (C=O) groups excluding carboxylic acids is 1. The lowest BCUT2D eigenvalue weighted by atomic mass is 10.1. The van der Waals surface area contributed by atoms with Gasteiger partial charge in [-0.3, -0.25) is 9.20 Å². The molecule has 0 fully saturated rings. The van der Waals surface area contributed by atoms with E-state index in [-0.39, 0.29) is 5.78 Å². The third-order valence-corrected chi connectivity index (χ3v) is 4.14. The Morgan fingerprint density at radius 2 is 1.81 bits per heavy atom. The van der Waals surface area contributed by atoms with Crippen molar-refractivity contribution in [2.45, 2.75) is 0 Å². The third-order valence-electron chi connectivity index (χ3n) is 3.86. The molecule has 2 aromatic heterocycles. The Bertz CT molecular complexity index is 969. The number of halogens is 1. The molecule has 0 atom stereocenters. The van der Waals surface area contributed by atoms with E-state index in [9.17, 15) is 4.79 Å². The third kappa shape index (κ3) is 3.23. The van der Waals surface area contributed by atoms with E-state index in [1.807, 2.05) is 24.4 Å². The average molecular weight is 373 g/mol. The molecular weight excluding hydrogens is 356 g/mol. The van der Waals surface area contributed by atoms with E-state index >= 15 is 0 Å². The summed E-state index contributed by atoms with van der Waals surface area (Å²) < 4.78 is 17.6. The molecule has 0 spiro atoms. The van der Waals surface area contributed by atoms with Crippen molar-refractivity contribution in [3.8, 4) is 17.2 Å². The fourth-order valence-corrected chi connectivity index (χ4v) is 2.85. The van der Waals surface area contributed by atoms with Gasteiger partial charge in [-0.15, -0.1) is 0 Å². The van der Waals surface area contributed by atoms with Crippen molar-refractivity contribution in [1.82, 2.24) is 9.38 Å². The summed E-state index contributed by atoms with van der Waals surface area (Å²) in [6, 6.07) is 8.77. The Morgan fingerprint density at radius 3 is 2.42 bits per heavy atom. The number of imidazole rings is 1. The van der Waals surface area contributed by atoms with Gasteiger partial charge in [0.1, 0.15) is 5.65 Å². The second-order valence-electron chi connectivity index (χ2n) is 5.33. The van der Waals surface area contributed by atoms with Gasteiger partial charge in [-0.1, -0.05) is 17.7 Å². The maximum absolute atomic E-state index is 12.6. The number of ketones is 1. The fourth-order valence-electron chi connectivity index (χ4n) is 2.61. The average Bonchev–Trinajstić information content (AvgIpc) is 2.99. The van der Waals surface area contributed by atoms with Crippen LogP contribution in [0.5, 0.6) is 17.2 Å². The van der Waals surface area contributed by atoms with Crippen LogP contribution in [0.1, 0.15) is 16.1 Å². The topological polar surface area (TPSA) is 62.1 Å². The van der Waals surface area contributed by atoms with Crippen molar-refractivity contribution in [2.75, 3.05) is 21.3 Å². The Kier molecular flexibility index (Phi) is 5.14. The van der Waals surface area contributed by atoms with Crippen molar-refractivity contribution in [3.05, 3.63) is 59.0 Å². The lowest BCUT2D eigenvalue weighted by molar-refractivity contribution is 0.104. The summed E-state index contributed by atoms with van der Waals surface area (Å²) in [5.41, 5.74) is 1.74. The zero-order valence-electron chi connectivity index (χ0n) is 14.5. The van der Waals surface area contributed by atoms with Gasteiger partial charge in [-0.2, -0.15) is 0 Å². The minimum absolute atomic E-state index is 0.230. The summed E-state index contributed by atoms with van der Waals surface area (Å²) >= 11 is 6.18. The maximum Gasteiger partial charge on any atom is 0.203 e. The summed E-state index contributed by atoms with van der Waals surface area (Å²) in [7, 11) is 4.51. The van der Waals surface area contributed by atoms with Crippen molar-refractivity contribution in [1.29, 1.82) is 0 Å². The van der Waals surface area contributed by atoms with E-state index in [2.05, 4.69) is 4.98 Å². The quantitative estimate of drug-likeness (QED) is 0.485. The highest BCUT2D eigenvalue weighted by Crippen LogP contribution is 2.38. The van der Waals surface area contributed by atoms with Crippen molar-refractivity contribution >= 4 is 29.1 Å². The Labute approximate surface area is 155 Å². The monoisotopic (exact) mass is 372 g/mol. The van der Waals surface area contributed by atoms with E-state index in [1.54, 1.807) is 22.6 Å². The number of aromatic nitrogens is 2. The molecule has 26 heavy (non-hydrogen) atoms. The van der Waals surface area contributed by atoms with E-state index in [1.165, 1.54) is 27.4 Å². The van der Waals surface area contributed by atoms with Crippen LogP contribution in [-0.4, -0.2) is 36.5 Å². The van der Waals surface area contributed by atoms with Gasteiger partial charge in [0.05, 0.1) is 27.0 Å². The molecule has 0 aliphatic heterocycles. The zero-order valence-corrected chi connectivity index (χ0v) is 15.3. The number of rotatable bonds is 6. The Balaban J connectivity index is 1.97. The normalized spacial score (nSPS) is 11.1. The molecule has 1 aromatic carbocycles. The summed E-state index contributed by atoms with van der Waals surface area (Å²) in [6.45, 7) is 0. The van der Waals surface area contributed by atoms with Crippen LogP contribution < -0.4 is 14.2 Å². The van der Waals surface area contributed by atoms with Gasteiger partial charge in [-0.05, 0) is 36.4 Å². The molecule has 0 aliphatic rings. The highest BCUT2D eigenvalue weighted by Gasteiger charge is 2.16. The van der Waals surface area contributed by atoms with Gasteiger partial charge < -0.3 is 14.2 Å². The molecule has 7 heteroatoms. The van der Waals surface area contributed by atoms with Gasteiger partial charge in [0.15, 0.2) is 22.4 Å². The first-order valence-electron chi connectivity index (χ1n) is 7.74. The molecule has 0 bridgehead atoms. The first-order valence-corrected chi connectivity index (χ1v) is 8.11. The maximum atomic E-state index is 12.6. The van der Waals surface area contributed by atoms with E-state index < -0.39 is 0 Å². The molecule has 0 saturated carbocycles. The van der Waals surface area contributed by atoms with Gasteiger partial charge in [0, 0.05) is 11.8 Å². The second-order valence-corrected chi connectivity index (χ2v) is 5.69. The summed E-state index contributed by atoms with van der Waals surface area (Å²) in [5.74, 6) is 1.03. The predicted molar refractivity (Wildman–Crippen MR) is 99.7 cm³/mol. The summed E-state index contributed by atoms with van der Waals surface area (Å²) in [5, 5.41) is 0.324. The Morgan fingerprint density at radius 1 is 1.12 bits per heavy atom. The Hall–Kier alpha value is -2.99. The predicted octanol–water partition coefficient (Wildman–Crippen LogP) is 3.91. The standard InChI is InChI=1S/C19H17ClN2O4/c1-24-15-10-12(11-16(25-2)18(15)26-3)14(23)8-7-13-19(20)21-17-6-4-5-9-22(13)17/h4-11H,1-3H3/b8-7+. The molecule has 0 aliphatic carbocycles. The summed E-state index contributed by atoms with van der Waals surface area (Å²) in [6.07, 6.45) is 4.90. The number of hydrogen-bond acceptors (Lipinski definition) is 5. The highest BCUT2D eigenvalue weighted by molar-refractivity contribution is 6.31. The highest BCUT2D eigenvalue weighted by atomic mass is 35.5. The van der Waals surface area contributed by atoms with Gasteiger partial charge in [0.2, 0.25) is 5.75 Å². The molecule has 134 valence electrons. The number of methoxy groups -OCH3 is 3. The fraction of sp³-hybridized carbons (Fsp3) is 0.158. The molecule has 0 amide bonds. The van der Waals surface area contributed by atoms with Crippen molar-refractivity contribution < 1.29 is 19.0 Å². The first kappa shape index (κ1) is 17.8.